The Morgan fingerprint density at radius 1 is 0.848 bits per heavy atom. The van der Waals surface area contributed by atoms with Gasteiger partial charge in [-0.25, -0.2) is 4.79 Å². The van der Waals surface area contributed by atoms with Crippen LogP contribution < -0.4 is 27.4 Å². The standard InChI is InChI=1S/C20H37N5O7S/c1-11(2)9-12(22)17(28)23-13(5-3-4-8-21)18(29)25-15(10-33)19(30)24-14(20(31)32)6-7-16(26)27/h11-15,33H,3-10,21-22H2,1-2H3,(H,23,28)(H,24,30)(H,25,29)(H,26,27)(H,31,32). The fourth-order valence-electron chi connectivity index (χ4n) is 2.92. The Morgan fingerprint density at radius 2 is 1.39 bits per heavy atom. The van der Waals surface area contributed by atoms with E-state index in [1.54, 1.807) is 0 Å². The number of carboxylic acids is 2. The minimum absolute atomic E-state index is 0.154. The predicted molar refractivity (Wildman–Crippen MR) is 124 cm³/mol. The number of rotatable bonds is 17. The topological polar surface area (TPSA) is 214 Å². The largest absolute Gasteiger partial charge is 0.481 e. The van der Waals surface area contributed by atoms with Crippen LogP contribution in [0.1, 0.15) is 52.4 Å². The lowest BCUT2D eigenvalue weighted by atomic mass is 10.0. The number of hydrogen-bond donors (Lipinski definition) is 8. The lowest BCUT2D eigenvalue weighted by molar-refractivity contribution is -0.143. The highest BCUT2D eigenvalue weighted by Crippen LogP contribution is 2.07. The molecule has 0 aromatic heterocycles. The minimum atomic E-state index is -1.44. The SMILES string of the molecule is CC(C)CC(N)C(=O)NC(CCCCN)C(=O)NC(CS)C(=O)NC(CCC(=O)O)C(=O)O. The Labute approximate surface area is 199 Å². The van der Waals surface area contributed by atoms with Crippen molar-refractivity contribution >= 4 is 42.3 Å². The molecule has 33 heavy (non-hydrogen) atoms. The Balaban J connectivity index is 5.24. The Bertz CT molecular complexity index is 677. The first-order valence-corrected chi connectivity index (χ1v) is 11.5. The van der Waals surface area contributed by atoms with Crippen LogP contribution in [0.5, 0.6) is 0 Å². The number of hydrogen-bond acceptors (Lipinski definition) is 8. The zero-order chi connectivity index (χ0) is 25.6. The number of aliphatic carboxylic acids is 2. The molecule has 0 aliphatic heterocycles. The van der Waals surface area contributed by atoms with Gasteiger partial charge in [-0.15, -0.1) is 0 Å². The van der Waals surface area contributed by atoms with Crippen LogP contribution in [0, 0.1) is 5.92 Å². The first-order chi connectivity index (χ1) is 15.4. The molecule has 0 radical (unpaired) electrons. The average Bonchev–Trinajstić information content (AvgIpc) is 2.72. The summed E-state index contributed by atoms with van der Waals surface area (Å²) in [7, 11) is 0. The molecule has 190 valence electrons. The fraction of sp³-hybridized carbons (Fsp3) is 0.750. The molecule has 3 amide bonds. The Hall–Kier alpha value is -2.38. The third kappa shape index (κ3) is 13.0. The van der Waals surface area contributed by atoms with Gasteiger partial charge >= 0.3 is 11.9 Å². The highest BCUT2D eigenvalue weighted by atomic mass is 32.1. The van der Waals surface area contributed by atoms with E-state index in [4.69, 9.17) is 16.6 Å². The molecule has 0 saturated carbocycles. The zero-order valence-electron chi connectivity index (χ0n) is 19.1. The number of thiol groups is 1. The number of carbonyl (C=O) groups excluding carboxylic acids is 3. The van der Waals surface area contributed by atoms with Gasteiger partial charge in [-0.1, -0.05) is 13.8 Å². The highest BCUT2D eigenvalue weighted by molar-refractivity contribution is 7.80. The molecule has 9 N–H and O–H groups in total. The second kappa shape index (κ2) is 16.3. The summed E-state index contributed by atoms with van der Waals surface area (Å²) in [5.41, 5.74) is 11.4. The van der Waals surface area contributed by atoms with E-state index in [9.17, 15) is 29.1 Å². The van der Waals surface area contributed by atoms with Gasteiger partial charge in [0.1, 0.15) is 18.1 Å². The molecule has 0 bridgehead atoms. The molecule has 0 fully saturated rings. The second-order valence-corrected chi connectivity index (χ2v) is 8.52. The summed E-state index contributed by atoms with van der Waals surface area (Å²) >= 11 is 4.04. The molecule has 0 aliphatic carbocycles. The van der Waals surface area contributed by atoms with E-state index in [1.807, 2.05) is 13.8 Å². The number of carbonyl (C=O) groups is 5. The first-order valence-electron chi connectivity index (χ1n) is 10.8. The van der Waals surface area contributed by atoms with Gasteiger partial charge in [0, 0.05) is 12.2 Å². The predicted octanol–water partition coefficient (Wildman–Crippen LogP) is -1.18. The molecule has 13 heteroatoms. The molecule has 0 rings (SSSR count). The third-order valence-corrected chi connectivity index (χ3v) is 5.08. The van der Waals surface area contributed by atoms with Crippen LogP contribution in [0.2, 0.25) is 0 Å². The molecule has 0 aromatic carbocycles. The lowest BCUT2D eigenvalue weighted by Gasteiger charge is -2.24. The van der Waals surface area contributed by atoms with Crippen LogP contribution >= 0.6 is 12.6 Å². The van der Waals surface area contributed by atoms with E-state index >= 15 is 0 Å². The summed E-state index contributed by atoms with van der Waals surface area (Å²) < 4.78 is 0. The molecular weight excluding hydrogens is 454 g/mol. The van der Waals surface area contributed by atoms with Crippen molar-refractivity contribution in [2.75, 3.05) is 12.3 Å². The van der Waals surface area contributed by atoms with Gasteiger partial charge in [-0.05, 0) is 44.6 Å². The monoisotopic (exact) mass is 491 g/mol. The summed E-state index contributed by atoms with van der Waals surface area (Å²) in [6.45, 7) is 4.23. The van der Waals surface area contributed by atoms with E-state index < -0.39 is 60.2 Å². The fourth-order valence-corrected chi connectivity index (χ4v) is 3.18. The van der Waals surface area contributed by atoms with Gasteiger partial charge < -0.3 is 37.6 Å². The quantitative estimate of drug-likeness (QED) is 0.0906. The molecule has 4 unspecified atom stereocenters. The van der Waals surface area contributed by atoms with Crippen molar-refractivity contribution < 1.29 is 34.2 Å². The maximum atomic E-state index is 12.8. The van der Waals surface area contributed by atoms with Gasteiger partial charge in [-0.2, -0.15) is 12.6 Å². The zero-order valence-corrected chi connectivity index (χ0v) is 20.0. The summed E-state index contributed by atoms with van der Waals surface area (Å²) in [5.74, 6) is -4.57. The van der Waals surface area contributed by atoms with Gasteiger partial charge in [0.15, 0.2) is 0 Å². The van der Waals surface area contributed by atoms with Crippen LogP contribution in [-0.2, 0) is 24.0 Å². The third-order valence-electron chi connectivity index (χ3n) is 4.72. The Morgan fingerprint density at radius 3 is 1.88 bits per heavy atom. The number of amides is 3. The number of carboxylic acid groups (broad SMARTS) is 2. The lowest BCUT2D eigenvalue weighted by Crippen LogP contribution is -2.57. The highest BCUT2D eigenvalue weighted by Gasteiger charge is 2.29. The number of nitrogens with two attached hydrogens (primary N) is 2. The summed E-state index contributed by atoms with van der Waals surface area (Å²) in [5, 5.41) is 25.2. The second-order valence-electron chi connectivity index (χ2n) is 8.16. The molecule has 0 spiro atoms. The maximum Gasteiger partial charge on any atom is 0.326 e. The van der Waals surface area contributed by atoms with Crippen molar-refractivity contribution in [2.24, 2.45) is 17.4 Å². The molecule has 0 aromatic rings. The average molecular weight is 492 g/mol. The van der Waals surface area contributed by atoms with Crippen molar-refractivity contribution in [1.29, 1.82) is 0 Å². The first kappa shape index (κ1) is 30.6. The van der Waals surface area contributed by atoms with E-state index in [0.717, 1.165) is 0 Å². The van der Waals surface area contributed by atoms with Gasteiger partial charge in [-0.3, -0.25) is 19.2 Å². The van der Waals surface area contributed by atoms with Crippen LogP contribution in [0.4, 0.5) is 0 Å². The minimum Gasteiger partial charge on any atom is -0.481 e. The number of nitrogens with one attached hydrogen (secondary N) is 3. The maximum absolute atomic E-state index is 12.8. The van der Waals surface area contributed by atoms with Crippen molar-refractivity contribution in [3.05, 3.63) is 0 Å². The van der Waals surface area contributed by atoms with Gasteiger partial charge in [0.05, 0.1) is 6.04 Å². The van der Waals surface area contributed by atoms with Gasteiger partial charge in [0.2, 0.25) is 17.7 Å². The van der Waals surface area contributed by atoms with Crippen molar-refractivity contribution in [2.45, 2.75) is 76.5 Å². The van der Waals surface area contributed by atoms with Crippen LogP contribution in [0.15, 0.2) is 0 Å². The van der Waals surface area contributed by atoms with Gasteiger partial charge in [0.25, 0.3) is 0 Å². The van der Waals surface area contributed by atoms with Crippen molar-refractivity contribution in [3.63, 3.8) is 0 Å². The van der Waals surface area contributed by atoms with E-state index in [1.165, 1.54) is 0 Å². The van der Waals surface area contributed by atoms with Crippen LogP contribution in [0.25, 0.3) is 0 Å². The molecule has 4 atom stereocenters. The molecule has 0 aliphatic rings. The van der Waals surface area contributed by atoms with Crippen molar-refractivity contribution in [3.8, 4) is 0 Å². The van der Waals surface area contributed by atoms with E-state index in [-0.39, 0.29) is 24.5 Å². The summed E-state index contributed by atoms with van der Waals surface area (Å²) in [4.78, 5) is 59.7. The van der Waals surface area contributed by atoms with E-state index in [0.29, 0.717) is 25.8 Å². The molecular formula is C20H37N5O7S. The van der Waals surface area contributed by atoms with Crippen LogP contribution in [-0.4, -0.2) is 76.3 Å². The number of unbranched alkanes of at least 4 members (excludes halogenated alkanes) is 1. The van der Waals surface area contributed by atoms with Crippen molar-refractivity contribution in [1.82, 2.24) is 16.0 Å². The van der Waals surface area contributed by atoms with E-state index in [2.05, 4.69) is 28.6 Å². The van der Waals surface area contributed by atoms with Crippen LogP contribution in [0.3, 0.4) is 0 Å². The normalized spacial score (nSPS) is 14.6. The summed E-state index contributed by atoms with van der Waals surface area (Å²) in [6.07, 6.45) is 1.08. The Kier molecular flexibility index (Phi) is 15.1. The smallest absolute Gasteiger partial charge is 0.326 e. The summed E-state index contributed by atoms with van der Waals surface area (Å²) in [6, 6.07) is -4.42. The molecule has 12 nitrogen and oxygen atoms in total. The molecule has 0 heterocycles. The molecule has 0 saturated heterocycles.